The van der Waals surface area contributed by atoms with Gasteiger partial charge in [0.25, 0.3) is 5.91 Å². The fourth-order valence-electron chi connectivity index (χ4n) is 2.89. The molecule has 1 saturated carbocycles. The maximum Gasteiger partial charge on any atom is 0.252 e. The normalized spacial score (nSPS) is 23.0. The van der Waals surface area contributed by atoms with Crippen molar-refractivity contribution in [2.45, 2.75) is 70.4 Å². The number of carbonyl (C=O) groups is 1. The number of hydrogen-bond acceptors (Lipinski definition) is 5. The van der Waals surface area contributed by atoms with Crippen molar-refractivity contribution in [3.63, 3.8) is 0 Å². The molecule has 0 unspecified atom stereocenters. The minimum atomic E-state index is -0.401. The molecule has 0 radical (unpaired) electrons. The van der Waals surface area contributed by atoms with E-state index in [1.165, 1.54) is 0 Å². The highest BCUT2D eigenvalue weighted by molar-refractivity contribution is 5.81. The van der Waals surface area contributed by atoms with Gasteiger partial charge in [0.05, 0.1) is 6.04 Å². The molecule has 2 fully saturated rings. The Morgan fingerprint density at radius 3 is 3.00 bits per heavy atom. The molecule has 1 amide bonds. The zero-order chi connectivity index (χ0) is 15.5. The molecule has 2 atom stereocenters. The minimum Gasteiger partial charge on any atom is -0.369 e. The second-order valence-corrected chi connectivity index (χ2v) is 6.32. The standard InChI is InChI=1S/C16H25N3O3/c1-3-4-10-21-11(2)16(20)19-9-5-6-13(19)14-17-15(22-18-14)12-7-8-12/h11-13H,3-10H2,1-2H3/t11-,13+/m0/s1. The number of rotatable bonds is 7. The van der Waals surface area contributed by atoms with Crippen LogP contribution in [0.3, 0.4) is 0 Å². The summed E-state index contributed by atoms with van der Waals surface area (Å²) in [6, 6.07) is -0.0547. The van der Waals surface area contributed by atoms with Crippen LogP contribution in [0.4, 0.5) is 0 Å². The van der Waals surface area contributed by atoms with Crippen LogP contribution in [0.25, 0.3) is 0 Å². The number of amides is 1. The van der Waals surface area contributed by atoms with Gasteiger partial charge in [0.15, 0.2) is 5.82 Å². The smallest absolute Gasteiger partial charge is 0.252 e. The molecule has 122 valence electrons. The van der Waals surface area contributed by atoms with Crippen LogP contribution in [0.1, 0.15) is 76.0 Å². The van der Waals surface area contributed by atoms with Gasteiger partial charge in [-0.1, -0.05) is 18.5 Å². The van der Waals surface area contributed by atoms with Crippen molar-refractivity contribution in [1.29, 1.82) is 0 Å². The first-order valence-corrected chi connectivity index (χ1v) is 8.46. The largest absolute Gasteiger partial charge is 0.369 e. The summed E-state index contributed by atoms with van der Waals surface area (Å²) in [5, 5.41) is 4.11. The maximum atomic E-state index is 12.6. The van der Waals surface area contributed by atoms with E-state index in [1.54, 1.807) is 0 Å². The predicted octanol–water partition coefficient (Wildman–Crippen LogP) is 2.82. The average Bonchev–Trinajstić information content (AvgIpc) is 3.06. The summed E-state index contributed by atoms with van der Waals surface area (Å²) < 4.78 is 11.0. The van der Waals surface area contributed by atoms with E-state index in [2.05, 4.69) is 17.1 Å². The Labute approximate surface area is 131 Å². The summed E-state index contributed by atoms with van der Waals surface area (Å²) in [7, 11) is 0. The lowest BCUT2D eigenvalue weighted by Gasteiger charge is -2.25. The monoisotopic (exact) mass is 307 g/mol. The van der Waals surface area contributed by atoms with Crippen LogP contribution in [0, 0.1) is 0 Å². The van der Waals surface area contributed by atoms with Crippen molar-refractivity contribution < 1.29 is 14.1 Å². The lowest BCUT2D eigenvalue weighted by atomic mass is 10.2. The van der Waals surface area contributed by atoms with Gasteiger partial charge < -0.3 is 14.2 Å². The molecule has 2 heterocycles. The van der Waals surface area contributed by atoms with Crippen molar-refractivity contribution >= 4 is 5.91 Å². The highest BCUT2D eigenvalue weighted by Gasteiger charge is 2.37. The second kappa shape index (κ2) is 6.77. The Bertz CT molecular complexity index is 512. The van der Waals surface area contributed by atoms with Crippen LogP contribution < -0.4 is 0 Å². The number of unbranched alkanes of at least 4 members (excludes halogenated alkanes) is 1. The van der Waals surface area contributed by atoms with Gasteiger partial charge in [-0.2, -0.15) is 4.98 Å². The van der Waals surface area contributed by atoms with Crippen LogP contribution in [-0.2, 0) is 9.53 Å². The summed E-state index contributed by atoms with van der Waals surface area (Å²) in [5.74, 6) is 1.88. The zero-order valence-corrected chi connectivity index (χ0v) is 13.5. The molecule has 6 nitrogen and oxygen atoms in total. The van der Waals surface area contributed by atoms with Crippen LogP contribution in [0.5, 0.6) is 0 Å². The van der Waals surface area contributed by atoms with Crippen molar-refractivity contribution in [3.05, 3.63) is 11.7 Å². The fraction of sp³-hybridized carbons (Fsp3) is 0.812. The van der Waals surface area contributed by atoms with Gasteiger partial charge in [-0.3, -0.25) is 4.79 Å². The van der Waals surface area contributed by atoms with Crippen molar-refractivity contribution in [3.8, 4) is 0 Å². The first kappa shape index (κ1) is 15.5. The van der Waals surface area contributed by atoms with Crippen molar-refractivity contribution in [2.75, 3.05) is 13.2 Å². The van der Waals surface area contributed by atoms with E-state index in [1.807, 2.05) is 11.8 Å². The summed E-state index contributed by atoms with van der Waals surface area (Å²) in [5.41, 5.74) is 0. The second-order valence-electron chi connectivity index (χ2n) is 6.32. The van der Waals surface area contributed by atoms with Gasteiger partial charge >= 0.3 is 0 Å². The highest BCUT2D eigenvalue weighted by atomic mass is 16.5. The molecule has 0 spiro atoms. The van der Waals surface area contributed by atoms with E-state index in [0.717, 1.165) is 51.0 Å². The molecule has 1 saturated heterocycles. The number of hydrogen-bond donors (Lipinski definition) is 0. The molecular weight excluding hydrogens is 282 g/mol. The van der Waals surface area contributed by atoms with E-state index >= 15 is 0 Å². The van der Waals surface area contributed by atoms with Gasteiger partial charge in [-0.25, -0.2) is 0 Å². The van der Waals surface area contributed by atoms with E-state index in [9.17, 15) is 4.79 Å². The highest BCUT2D eigenvalue weighted by Crippen LogP contribution is 2.40. The molecule has 0 aromatic carbocycles. The summed E-state index contributed by atoms with van der Waals surface area (Å²) in [6.45, 7) is 5.33. The van der Waals surface area contributed by atoms with Crippen LogP contribution in [-0.4, -0.2) is 40.2 Å². The summed E-state index contributed by atoms with van der Waals surface area (Å²) >= 11 is 0. The average molecular weight is 307 g/mol. The Balaban J connectivity index is 1.62. The van der Waals surface area contributed by atoms with Gasteiger partial charge in [0.1, 0.15) is 6.10 Å². The number of aromatic nitrogens is 2. The molecule has 22 heavy (non-hydrogen) atoms. The molecule has 3 rings (SSSR count). The van der Waals surface area contributed by atoms with E-state index in [4.69, 9.17) is 9.26 Å². The minimum absolute atomic E-state index is 0.0383. The van der Waals surface area contributed by atoms with E-state index in [-0.39, 0.29) is 11.9 Å². The zero-order valence-electron chi connectivity index (χ0n) is 13.5. The maximum absolute atomic E-state index is 12.6. The third-order valence-corrected chi connectivity index (χ3v) is 4.43. The first-order chi connectivity index (χ1) is 10.7. The quantitative estimate of drug-likeness (QED) is 0.725. The SMILES string of the molecule is CCCCO[C@@H](C)C(=O)N1CCC[C@@H]1c1noc(C2CC2)n1. The molecule has 0 bridgehead atoms. The van der Waals surface area contributed by atoms with Crippen LogP contribution in [0.2, 0.25) is 0 Å². The molecule has 1 aromatic rings. The van der Waals surface area contributed by atoms with Gasteiger partial charge in [0.2, 0.25) is 5.89 Å². The van der Waals surface area contributed by atoms with Crippen molar-refractivity contribution in [2.24, 2.45) is 0 Å². The van der Waals surface area contributed by atoms with Crippen LogP contribution >= 0.6 is 0 Å². The fourth-order valence-corrected chi connectivity index (χ4v) is 2.89. The molecule has 6 heteroatoms. The Morgan fingerprint density at radius 1 is 1.45 bits per heavy atom. The summed E-state index contributed by atoms with van der Waals surface area (Å²) in [4.78, 5) is 19.0. The van der Waals surface area contributed by atoms with Gasteiger partial charge in [-0.15, -0.1) is 0 Å². The number of likely N-dealkylation sites (tertiary alicyclic amines) is 1. The molecular formula is C16H25N3O3. The van der Waals surface area contributed by atoms with E-state index in [0.29, 0.717) is 18.3 Å². The Hall–Kier alpha value is -1.43. The Kier molecular flexibility index (Phi) is 4.76. The lowest BCUT2D eigenvalue weighted by Crippen LogP contribution is -2.39. The van der Waals surface area contributed by atoms with E-state index < -0.39 is 6.10 Å². The number of nitrogens with zero attached hydrogens (tertiary/aromatic N) is 3. The molecule has 1 aromatic heterocycles. The molecule has 1 aliphatic heterocycles. The molecule has 0 N–H and O–H groups in total. The van der Waals surface area contributed by atoms with Crippen molar-refractivity contribution in [1.82, 2.24) is 15.0 Å². The van der Waals surface area contributed by atoms with Gasteiger partial charge in [0, 0.05) is 19.1 Å². The number of ether oxygens (including phenoxy) is 1. The first-order valence-electron chi connectivity index (χ1n) is 8.46. The van der Waals surface area contributed by atoms with Crippen LogP contribution in [0.15, 0.2) is 4.52 Å². The predicted molar refractivity (Wildman–Crippen MR) is 80.3 cm³/mol. The molecule has 2 aliphatic rings. The molecule has 1 aliphatic carbocycles. The lowest BCUT2D eigenvalue weighted by molar-refractivity contribution is -0.143. The number of carbonyl (C=O) groups excluding carboxylic acids is 1. The topological polar surface area (TPSA) is 68.5 Å². The third kappa shape index (κ3) is 3.32. The van der Waals surface area contributed by atoms with Gasteiger partial charge in [-0.05, 0) is 39.0 Å². The summed E-state index contributed by atoms with van der Waals surface area (Å²) in [6.07, 6.45) is 5.80. The third-order valence-electron chi connectivity index (χ3n) is 4.43. The Morgan fingerprint density at radius 2 is 2.27 bits per heavy atom.